The first kappa shape index (κ1) is 17.0. The average Bonchev–Trinajstić information content (AvgIpc) is 2.47. The van der Waals surface area contributed by atoms with E-state index in [1.165, 1.54) is 0 Å². The van der Waals surface area contributed by atoms with Crippen molar-refractivity contribution in [3.05, 3.63) is 29.8 Å². The molecular formula is C16H27NO3. The van der Waals surface area contributed by atoms with Gasteiger partial charge in [-0.3, -0.25) is 0 Å². The van der Waals surface area contributed by atoms with Gasteiger partial charge >= 0.3 is 0 Å². The number of ether oxygens (including phenoxy) is 3. The van der Waals surface area contributed by atoms with E-state index >= 15 is 0 Å². The minimum absolute atomic E-state index is 0.108. The zero-order valence-electron chi connectivity index (χ0n) is 13.0. The van der Waals surface area contributed by atoms with Crippen LogP contribution in [0.3, 0.4) is 0 Å². The van der Waals surface area contributed by atoms with Crippen molar-refractivity contribution in [3.63, 3.8) is 0 Å². The van der Waals surface area contributed by atoms with Gasteiger partial charge in [-0.25, -0.2) is 0 Å². The highest BCUT2D eigenvalue weighted by Gasteiger charge is 2.23. The molecule has 0 radical (unpaired) electrons. The van der Waals surface area contributed by atoms with Gasteiger partial charge in [0.15, 0.2) is 6.29 Å². The maximum absolute atomic E-state index is 5.72. The van der Waals surface area contributed by atoms with Gasteiger partial charge in [-0.2, -0.15) is 0 Å². The van der Waals surface area contributed by atoms with Crippen molar-refractivity contribution >= 4 is 0 Å². The van der Waals surface area contributed by atoms with Gasteiger partial charge in [0.2, 0.25) is 0 Å². The Morgan fingerprint density at radius 1 is 1.05 bits per heavy atom. The lowest BCUT2D eigenvalue weighted by Crippen LogP contribution is -2.44. The van der Waals surface area contributed by atoms with Gasteiger partial charge in [-0.05, 0) is 38.4 Å². The fourth-order valence-corrected chi connectivity index (χ4v) is 2.24. The Bertz CT molecular complexity index is 364. The predicted octanol–water partition coefficient (Wildman–Crippen LogP) is 2.61. The summed E-state index contributed by atoms with van der Waals surface area (Å²) >= 11 is 0. The fourth-order valence-electron chi connectivity index (χ4n) is 2.24. The van der Waals surface area contributed by atoms with E-state index in [1.807, 2.05) is 32.0 Å². The number of rotatable bonds is 10. The van der Waals surface area contributed by atoms with E-state index in [4.69, 9.17) is 14.2 Å². The third kappa shape index (κ3) is 5.12. The third-order valence-electron chi connectivity index (χ3n) is 3.09. The molecule has 1 N–H and O–H groups in total. The van der Waals surface area contributed by atoms with E-state index in [-0.39, 0.29) is 12.3 Å². The number of methoxy groups -OCH3 is 1. The van der Waals surface area contributed by atoms with Crippen LogP contribution in [0.5, 0.6) is 5.75 Å². The topological polar surface area (TPSA) is 39.7 Å². The first-order valence-electron chi connectivity index (χ1n) is 7.35. The van der Waals surface area contributed by atoms with E-state index in [0.29, 0.717) is 13.2 Å². The Morgan fingerprint density at radius 3 is 2.25 bits per heavy atom. The Balaban J connectivity index is 2.83. The van der Waals surface area contributed by atoms with Gasteiger partial charge in [0, 0.05) is 13.2 Å². The van der Waals surface area contributed by atoms with E-state index in [9.17, 15) is 0 Å². The molecule has 0 bridgehead atoms. The molecule has 114 valence electrons. The van der Waals surface area contributed by atoms with Crippen LogP contribution in [0.1, 0.15) is 26.3 Å². The van der Waals surface area contributed by atoms with Crippen LogP contribution in [-0.4, -0.2) is 39.2 Å². The number of para-hydroxylation sites is 1. The molecular weight excluding hydrogens is 254 g/mol. The molecule has 0 aliphatic heterocycles. The summed E-state index contributed by atoms with van der Waals surface area (Å²) in [6.07, 6.45) is 0.567. The summed E-state index contributed by atoms with van der Waals surface area (Å²) in [4.78, 5) is 0. The number of benzene rings is 1. The Kier molecular flexibility index (Phi) is 8.26. The van der Waals surface area contributed by atoms with Crippen LogP contribution in [0.2, 0.25) is 0 Å². The van der Waals surface area contributed by atoms with Gasteiger partial charge in [-0.1, -0.05) is 25.1 Å². The normalized spacial score (nSPS) is 12.7. The van der Waals surface area contributed by atoms with Crippen LogP contribution in [0.25, 0.3) is 0 Å². The SMILES string of the molecule is CCNC(Cc1ccccc1OC)C(OCC)OCC. The van der Waals surface area contributed by atoms with Gasteiger partial charge < -0.3 is 19.5 Å². The number of likely N-dealkylation sites (N-methyl/N-ethyl adjacent to an activating group) is 1. The van der Waals surface area contributed by atoms with Crippen LogP contribution in [0, 0.1) is 0 Å². The Hall–Kier alpha value is -1.10. The molecule has 4 heteroatoms. The van der Waals surface area contributed by atoms with Crippen LogP contribution in [-0.2, 0) is 15.9 Å². The summed E-state index contributed by atoms with van der Waals surface area (Å²) in [5.74, 6) is 0.905. The second-order valence-corrected chi connectivity index (χ2v) is 4.46. The molecule has 0 spiro atoms. The largest absolute Gasteiger partial charge is 0.496 e. The standard InChI is InChI=1S/C16H27NO3/c1-5-17-14(16(19-6-2)20-7-3)12-13-10-8-9-11-15(13)18-4/h8-11,14,16-17H,5-7,12H2,1-4H3. The van der Waals surface area contributed by atoms with Crippen molar-refractivity contribution in [1.29, 1.82) is 0 Å². The molecule has 1 rings (SSSR count). The summed E-state index contributed by atoms with van der Waals surface area (Å²) in [6.45, 7) is 8.20. The van der Waals surface area contributed by atoms with Crippen LogP contribution < -0.4 is 10.1 Å². The third-order valence-corrected chi connectivity index (χ3v) is 3.09. The summed E-state index contributed by atoms with van der Waals surface area (Å²) in [7, 11) is 1.70. The maximum atomic E-state index is 5.72. The fraction of sp³-hybridized carbons (Fsp3) is 0.625. The zero-order valence-corrected chi connectivity index (χ0v) is 13.0. The minimum atomic E-state index is -0.241. The van der Waals surface area contributed by atoms with Crippen molar-refractivity contribution in [3.8, 4) is 5.75 Å². The summed E-state index contributed by atoms with van der Waals surface area (Å²) in [5.41, 5.74) is 1.16. The molecule has 0 aliphatic rings. The first-order chi connectivity index (χ1) is 9.76. The van der Waals surface area contributed by atoms with E-state index in [0.717, 1.165) is 24.3 Å². The highest BCUT2D eigenvalue weighted by atomic mass is 16.7. The quantitative estimate of drug-likeness (QED) is 0.669. The highest BCUT2D eigenvalue weighted by molar-refractivity contribution is 5.33. The van der Waals surface area contributed by atoms with Crippen molar-refractivity contribution in [2.24, 2.45) is 0 Å². The maximum Gasteiger partial charge on any atom is 0.172 e. The predicted molar refractivity (Wildman–Crippen MR) is 81.2 cm³/mol. The molecule has 4 nitrogen and oxygen atoms in total. The smallest absolute Gasteiger partial charge is 0.172 e. The number of nitrogens with one attached hydrogen (secondary N) is 1. The monoisotopic (exact) mass is 281 g/mol. The highest BCUT2D eigenvalue weighted by Crippen LogP contribution is 2.20. The lowest BCUT2D eigenvalue weighted by molar-refractivity contribution is -0.153. The molecule has 0 heterocycles. The van der Waals surface area contributed by atoms with Gasteiger partial charge in [0.25, 0.3) is 0 Å². The zero-order chi connectivity index (χ0) is 14.8. The molecule has 1 atom stereocenters. The van der Waals surface area contributed by atoms with Crippen molar-refractivity contribution in [2.75, 3.05) is 26.9 Å². The molecule has 0 aliphatic carbocycles. The average molecular weight is 281 g/mol. The molecule has 1 aromatic carbocycles. The Morgan fingerprint density at radius 2 is 1.70 bits per heavy atom. The number of hydrogen-bond donors (Lipinski definition) is 1. The second-order valence-electron chi connectivity index (χ2n) is 4.46. The van der Waals surface area contributed by atoms with Crippen LogP contribution in [0.4, 0.5) is 0 Å². The minimum Gasteiger partial charge on any atom is -0.496 e. The lowest BCUT2D eigenvalue weighted by Gasteiger charge is -2.28. The van der Waals surface area contributed by atoms with Crippen molar-refractivity contribution in [1.82, 2.24) is 5.32 Å². The van der Waals surface area contributed by atoms with Crippen LogP contribution >= 0.6 is 0 Å². The van der Waals surface area contributed by atoms with E-state index < -0.39 is 0 Å². The number of hydrogen-bond acceptors (Lipinski definition) is 4. The van der Waals surface area contributed by atoms with Crippen molar-refractivity contribution < 1.29 is 14.2 Å². The molecule has 0 amide bonds. The van der Waals surface area contributed by atoms with E-state index in [2.05, 4.69) is 18.3 Å². The molecule has 1 unspecified atom stereocenters. The molecule has 1 aromatic rings. The van der Waals surface area contributed by atoms with Crippen molar-refractivity contribution in [2.45, 2.75) is 39.5 Å². The summed E-state index contributed by atoms with van der Waals surface area (Å²) in [5, 5.41) is 3.45. The molecule has 0 aromatic heterocycles. The second kappa shape index (κ2) is 9.75. The van der Waals surface area contributed by atoms with E-state index in [1.54, 1.807) is 7.11 Å². The summed E-state index contributed by atoms with van der Waals surface area (Å²) < 4.78 is 16.8. The molecule has 0 fully saturated rings. The van der Waals surface area contributed by atoms with Gasteiger partial charge in [0.05, 0.1) is 13.2 Å². The first-order valence-corrected chi connectivity index (χ1v) is 7.35. The van der Waals surface area contributed by atoms with Gasteiger partial charge in [-0.15, -0.1) is 0 Å². The lowest BCUT2D eigenvalue weighted by atomic mass is 10.0. The molecule has 20 heavy (non-hydrogen) atoms. The summed E-state index contributed by atoms with van der Waals surface area (Å²) in [6, 6.07) is 8.17. The Labute approximate surface area is 122 Å². The molecule has 0 saturated heterocycles. The van der Waals surface area contributed by atoms with Crippen LogP contribution in [0.15, 0.2) is 24.3 Å². The van der Waals surface area contributed by atoms with Gasteiger partial charge in [0.1, 0.15) is 5.75 Å². The molecule has 0 saturated carbocycles.